The summed E-state index contributed by atoms with van der Waals surface area (Å²) in [5.41, 5.74) is 1.10. The van der Waals surface area contributed by atoms with Gasteiger partial charge >= 0.3 is 6.18 Å². The van der Waals surface area contributed by atoms with E-state index in [9.17, 15) is 13.2 Å². The van der Waals surface area contributed by atoms with Gasteiger partial charge in [-0.3, -0.25) is 0 Å². The molecule has 1 aromatic rings. The molecule has 2 nitrogen and oxygen atoms in total. The molecule has 6 heteroatoms. The minimum atomic E-state index is -4.12. The zero-order chi connectivity index (χ0) is 15.2. The first-order chi connectivity index (χ1) is 9.33. The topological polar surface area (TPSA) is 21.3 Å². The maximum Gasteiger partial charge on any atom is 0.389 e. The van der Waals surface area contributed by atoms with Crippen molar-refractivity contribution in [2.75, 3.05) is 13.2 Å². The molecule has 0 fully saturated rings. The van der Waals surface area contributed by atoms with E-state index in [1.54, 1.807) is 6.07 Å². The summed E-state index contributed by atoms with van der Waals surface area (Å²) in [7, 11) is 0. The van der Waals surface area contributed by atoms with Crippen molar-refractivity contribution in [3.63, 3.8) is 0 Å². The van der Waals surface area contributed by atoms with Crippen molar-refractivity contribution in [1.82, 2.24) is 5.32 Å². The molecule has 0 bridgehead atoms. The van der Waals surface area contributed by atoms with Gasteiger partial charge in [0.05, 0.1) is 11.1 Å². The molecule has 0 aliphatic rings. The lowest BCUT2D eigenvalue weighted by molar-refractivity contribution is -0.136. The summed E-state index contributed by atoms with van der Waals surface area (Å²) in [5.74, 6) is 0.569. The molecule has 0 amide bonds. The number of alkyl halides is 3. The molecule has 0 aliphatic heterocycles. The molecule has 0 radical (unpaired) electrons. The number of rotatable bonds is 7. The van der Waals surface area contributed by atoms with E-state index in [1.807, 2.05) is 19.1 Å². The molecule has 1 unspecified atom stereocenters. The Morgan fingerprint density at radius 2 is 2.05 bits per heavy atom. The minimum Gasteiger partial charge on any atom is -0.492 e. The number of hydrogen-bond acceptors (Lipinski definition) is 2. The van der Waals surface area contributed by atoms with Crippen LogP contribution in [-0.4, -0.2) is 19.3 Å². The first-order valence-corrected chi connectivity index (χ1v) is 7.35. The van der Waals surface area contributed by atoms with E-state index >= 15 is 0 Å². The van der Waals surface area contributed by atoms with Crippen molar-refractivity contribution in [3.05, 3.63) is 28.2 Å². The molecule has 20 heavy (non-hydrogen) atoms. The van der Waals surface area contributed by atoms with Crippen LogP contribution in [0.3, 0.4) is 0 Å². The zero-order valence-corrected chi connectivity index (χ0v) is 13.1. The monoisotopic (exact) mass is 353 g/mol. The van der Waals surface area contributed by atoms with E-state index in [-0.39, 0.29) is 19.1 Å². The Kier molecular flexibility index (Phi) is 6.82. The zero-order valence-electron chi connectivity index (χ0n) is 11.6. The summed E-state index contributed by atoms with van der Waals surface area (Å²) in [6, 6.07) is 5.83. The molecule has 0 heterocycles. The molecule has 1 N–H and O–H groups in total. The van der Waals surface area contributed by atoms with Gasteiger partial charge in [-0.2, -0.15) is 13.2 Å². The molecule has 1 rings (SSSR count). The van der Waals surface area contributed by atoms with Gasteiger partial charge in [-0.1, -0.05) is 13.0 Å². The van der Waals surface area contributed by atoms with Crippen molar-refractivity contribution < 1.29 is 17.9 Å². The van der Waals surface area contributed by atoms with Crippen LogP contribution in [0.15, 0.2) is 22.7 Å². The van der Waals surface area contributed by atoms with Crippen LogP contribution in [0.4, 0.5) is 13.2 Å². The van der Waals surface area contributed by atoms with Crippen LogP contribution in [0.2, 0.25) is 0 Å². The molecule has 0 aliphatic carbocycles. The third-order valence-electron chi connectivity index (χ3n) is 2.83. The summed E-state index contributed by atoms with van der Waals surface area (Å²) in [4.78, 5) is 0. The Morgan fingerprint density at radius 1 is 1.35 bits per heavy atom. The molecule has 0 saturated heterocycles. The van der Waals surface area contributed by atoms with Gasteiger partial charge in [-0.25, -0.2) is 0 Å². The van der Waals surface area contributed by atoms with Crippen LogP contribution in [0.25, 0.3) is 0 Å². The highest BCUT2D eigenvalue weighted by Crippen LogP contribution is 2.29. The van der Waals surface area contributed by atoms with Gasteiger partial charge in [-0.05, 0) is 53.5 Å². The molecule has 114 valence electrons. The van der Waals surface area contributed by atoms with Crippen molar-refractivity contribution in [2.24, 2.45) is 0 Å². The highest BCUT2D eigenvalue weighted by atomic mass is 79.9. The quantitative estimate of drug-likeness (QED) is 0.708. The van der Waals surface area contributed by atoms with Crippen molar-refractivity contribution in [3.8, 4) is 5.75 Å². The normalized spacial score (nSPS) is 13.3. The largest absolute Gasteiger partial charge is 0.492 e. The molecular weight excluding hydrogens is 335 g/mol. The molecule has 0 aromatic heterocycles. The Bertz CT molecular complexity index is 423. The van der Waals surface area contributed by atoms with E-state index in [2.05, 4.69) is 28.2 Å². The van der Waals surface area contributed by atoms with Crippen LogP contribution in [0, 0.1) is 0 Å². The maximum atomic E-state index is 12.0. The standard InChI is InChI=1S/C14H19BrF3NO/c1-3-19-10(2)11-5-6-13(12(15)9-11)20-8-4-7-14(16,17)18/h5-6,9-10,19H,3-4,7-8H2,1-2H3. The summed E-state index contributed by atoms with van der Waals surface area (Å²) < 4.78 is 42.1. The Morgan fingerprint density at radius 3 is 2.60 bits per heavy atom. The fourth-order valence-corrected chi connectivity index (χ4v) is 2.29. The van der Waals surface area contributed by atoms with Crippen molar-refractivity contribution in [1.29, 1.82) is 0 Å². The average molecular weight is 354 g/mol. The minimum absolute atomic E-state index is 0.0362. The summed E-state index contributed by atoms with van der Waals surface area (Å²) >= 11 is 3.38. The Balaban J connectivity index is 2.52. The number of ether oxygens (including phenoxy) is 1. The van der Waals surface area contributed by atoms with Crippen LogP contribution < -0.4 is 10.1 Å². The van der Waals surface area contributed by atoms with Gasteiger partial charge in [0.25, 0.3) is 0 Å². The Labute approximate surface area is 125 Å². The first kappa shape index (κ1) is 17.3. The second-order valence-corrected chi connectivity index (χ2v) is 5.39. The maximum absolute atomic E-state index is 12.0. The average Bonchev–Trinajstić information content (AvgIpc) is 2.35. The highest BCUT2D eigenvalue weighted by molar-refractivity contribution is 9.10. The lowest BCUT2D eigenvalue weighted by atomic mass is 10.1. The Hall–Kier alpha value is -0.750. The fraction of sp³-hybridized carbons (Fsp3) is 0.571. The third kappa shape index (κ3) is 6.13. The van der Waals surface area contributed by atoms with E-state index < -0.39 is 12.6 Å². The third-order valence-corrected chi connectivity index (χ3v) is 3.45. The van der Waals surface area contributed by atoms with Crippen molar-refractivity contribution >= 4 is 15.9 Å². The van der Waals surface area contributed by atoms with Crippen LogP contribution in [-0.2, 0) is 0 Å². The van der Waals surface area contributed by atoms with Gasteiger partial charge in [-0.15, -0.1) is 0 Å². The van der Waals surface area contributed by atoms with Gasteiger partial charge in [0.2, 0.25) is 0 Å². The number of hydrogen-bond donors (Lipinski definition) is 1. The predicted octanol–water partition coefficient (Wildman–Crippen LogP) is 4.84. The smallest absolute Gasteiger partial charge is 0.389 e. The molecule has 1 atom stereocenters. The second kappa shape index (κ2) is 7.88. The predicted molar refractivity (Wildman–Crippen MR) is 77.0 cm³/mol. The molecular formula is C14H19BrF3NO. The van der Waals surface area contributed by atoms with Gasteiger partial charge < -0.3 is 10.1 Å². The van der Waals surface area contributed by atoms with Gasteiger partial charge in [0, 0.05) is 12.5 Å². The lowest BCUT2D eigenvalue weighted by Crippen LogP contribution is -2.17. The van der Waals surface area contributed by atoms with E-state index in [1.165, 1.54) is 0 Å². The van der Waals surface area contributed by atoms with Crippen LogP contribution in [0.1, 0.15) is 38.3 Å². The first-order valence-electron chi connectivity index (χ1n) is 6.56. The highest BCUT2D eigenvalue weighted by Gasteiger charge is 2.26. The second-order valence-electron chi connectivity index (χ2n) is 4.54. The van der Waals surface area contributed by atoms with Crippen LogP contribution >= 0.6 is 15.9 Å². The molecule has 0 saturated carbocycles. The van der Waals surface area contributed by atoms with Crippen molar-refractivity contribution in [2.45, 2.75) is 38.9 Å². The lowest BCUT2D eigenvalue weighted by Gasteiger charge is -2.15. The van der Waals surface area contributed by atoms with Gasteiger partial charge in [0.1, 0.15) is 5.75 Å². The number of benzene rings is 1. The number of halogens is 4. The van der Waals surface area contributed by atoms with Gasteiger partial charge in [0.15, 0.2) is 0 Å². The SMILES string of the molecule is CCNC(C)c1ccc(OCCCC(F)(F)F)c(Br)c1. The number of nitrogens with one attached hydrogen (secondary N) is 1. The fourth-order valence-electron chi connectivity index (χ4n) is 1.78. The molecule has 0 spiro atoms. The van der Waals surface area contributed by atoms with E-state index in [0.717, 1.165) is 16.6 Å². The summed E-state index contributed by atoms with van der Waals surface area (Å²) in [6.07, 6.45) is -4.97. The summed E-state index contributed by atoms with van der Waals surface area (Å²) in [6.45, 7) is 5.01. The van der Waals surface area contributed by atoms with E-state index in [4.69, 9.17) is 4.74 Å². The molecule has 1 aromatic carbocycles. The van der Waals surface area contributed by atoms with Crippen LogP contribution in [0.5, 0.6) is 5.75 Å². The summed E-state index contributed by atoms with van der Waals surface area (Å²) in [5, 5.41) is 3.29. The van der Waals surface area contributed by atoms with E-state index in [0.29, 0.717) is 5.75 Å².